The van der Waals surface area contributed by atoms with Crippen molar-refractivity contribution in [2.75, 3.05) is 13.1 Å². The zero-order valence-corrected chi connectivity index (χ0v) is 12.5. The largest absolute Gasteiger partial charge is 0.477 e. The third-order valence-electron chi connectivity index (χ3n) is 2.52. The number of carboxylic acid groups (broad SMARTS) is 1. The number of primary amides is 1. The summed E-state index contributed by atoms with van der Waals surface area (Å²) in [7, 11) is -3.90. The summed E-state index contributed by atoms with van der Waals surface area (Å²) in [5, 5.41) is 10.1. The quantitative estimate of drug-likeness (QED) is 0.732. The van der Waals surface area contributed by atoms with Crippen molar-refractivity contribution in [3.8, 4) is 0 Å². The fraction of sp³-hybridized carbons (Fsp3) is 0.455. The number of aromatic carboxylic acids is 1. The van der Waals surface area contributed by atoms with E-state index in [0.29, 0.717) is 6.42 Å². The van der Waals surface area contributed by atoms with E-state index < -0.39 is 28.4 Å². The van der Waals surface area contributed by atoms with Crippen LogP contribution in [-0.4, -0.2) is 42.8 Å². The molecule has 20 heavy (non-hydrogen) atoms. The summed E-state index contributed by atoms with van der Waals surface area (Å²) in [5.41, 5.74) is 5.06. The number of sulfonamides is 1. The SMILES string of the molecule is CCCCN(CC(N)=O)S(=O)(=O)c1csc(C(=O)O)c1. The molecule has 1 aromatic rings. The van der Waals surface area contributed by atoms with Gasteiger partial charge in [-0.3, -0.25) is 4.79 Å². The number of amides is 1. The minimum absolute atomic E-state index is 0.0712. The van der Waals surface area contributed by atoms with Gasteiger partial charge in [-0.15, -0.1) is 11.3 Å². The van der Waals surface area contributed by atoms with E-state index in [4.69, 9.17) is 10.8 Å². The van der Waals surface area contributed by atoms with Gasteiger partial charge in [0.05, 0.1) is 11.4 Å². The molecule has 112 valence electrons. The lowest BCUT2D eigenvalue weighted by atomic mass is 10.3. The Labute approximate surface area is 121 Å². The monoisotopic (exact) mass is 320 g/mol. The van der Waals surface area contributed by atoms with Crippen LogP contribution < -0.4 is 5.73 Å². The summed E-state index contributed by atoms with van der Waals surface area (Å²) in [6.07, 6.45) is 1.34. The smallest absolute Gasteiger partial charge is 0.345 e. The van der Waals surface area contributed by atoms with Gasteiger partial charge < -0.3 is 10.8 Å². The van der Waals surface area contributed by atoms with Crippen molar-refractivity contribution >= 4 is 33.2 Å². The molecule has 0 spiro atoms. The Morgan fingerprint density at radius 2 is 2.10 bits per heavy atom. The van der Waals surface area contributed by atoms with Crippen LogP contribution >= 0.6 is 11.3 Å². The maximum atomic E-state index is 12.3. The molecule has 0 aliphatic rings. The number of rotatable bonds is 8. The third-order valence-corrected chi connectivity index (χ3v) is 5.41. The fourth-order valence-electron chi connectivity index (χ4n) is 1.51. The van der Waals surface area contributed by atoms with Gasteiger partial charge in [-0.25, -0.2) is 13.2 Å². The molecule has 0 aliphatic heterocycles. The van der Waals surface area contributed by atoms with Gasteiger partial charge in [0.15, 0.2) is 0 Å². The second kappa shape index (κ2) is 6.82. The lowest BCUT2D eigenvalue weighted by molar-refractivity contribution is -0.118. The van der Waals surface area contributed by atoms with Crippen LogP contribution in [0.1, 0.15) is 29.4 Å². The summed E-state index contributed by atoms with van der Waals surface area (Å²) in [5.74, 6) is -1.94. The van der Waals surface area contributed by atoms with Gasteiger partial charge in [-0.05, 0) is 12.5 Å². The molecule has 1 amide bonds. The molecule has 1 rings (SSSR count). The number of carbonyl (C=O) groups is 2. The number of hydrogen-bond donors (Lipinski definition) is 2. The Morgan fingerprint density at radius 1 is 1.45 bits per heavy atom. The molecule has 3 N–H and O–H groups in total. The van der Waals surface area contributed by atoms with Gasteiger partial charge in [0.1, 0.15) is 4.88 Å². The summed E-state index contributed by atoms with van der Waals surface area (Å²) in [6.45, 7) is 1.64. The minimum atomic E-state index is -3.90. The first-order valence-electron chi connectivity index (χ1n) is 5.89. The highest BCUT2D eigenvalue weighted by atomic mass is 32.2. The summed E-state index contributed by atoms with van der Waals surface area (Å²) in [4.78, 5) is 21.6. The van der Waals surface area contributed by atoms with Crippen LogP contribution in [-0.2, 0) is 14.8 Å². The lowest BCUT2D eigenvalue weighted by Gasteiger charge is -2.19. The number of nitrogens with two attached hydrogens (primary N) is 1. The molecule has 0 radical (unpaired) electrons. The molecular formula is C11H16N2O5S2. The topological polar surface area (TPSA) is 118 Å². The summed E-state index contributed by atoms with van der Waals surface area (Å²) in [6, 6.07) is 1.09. The minimum Gasteiger partial charge on any atom is -0.477 e. The van der Waals surface area contributed by atoms with E-state index in [1.165, 1.54) is 5.38 Å². The number of hydrogen-bond acceptors (Lipinski definition) is 5. The van der Waals surface area contributed by atoms with Crippen LogP contribution in [0.5, 0.6) is 0 Å². The zero-order chi connectivity index (χ0) is 15.3. The number of thiophene rings is 1. The van der Waals surface area contributed by atoms with E-state index in [2.05, 4.69) is 0 Å². The van der Waals surface area contributed by atoms with Gasteiger partial charge in [-0.1, -0.05) is 13.3 Å². The molecule has 9 heteroatoms. The van der Waals surface area contributed by atoms with Crippen LogP contribution in [0.3, 0.4) is 0 Å². The second-order valence-electron chi connectivity index (χ2n) is 4.11. The first-order chi connectivity index (χ1) is 9.28. The lowest BCUT2D eigenvalue weighted by Crippen LogP contribution is -2.38. The molecular weight excluding hydrogens is 304 g/mol. The summed E-state index contributed by atoms with van der Waals surface area (Å²) >= 11 is 0.823. The number of carbonyl (C=O) groups excluding carboxylic acids is 1. The van der Waals surface area contributed by atoms with Crippen LogP contribution in [0, 0.1) is 0 Å². The van der Waals surface area contributed by atoms with Gasteiger partial charge in [-0.2, -0.15) is 4.31 Å². The molecule has 0 saturated carbocycles. The molecule has 0 unspecified atom stereocenters. The molecule has 0 saturated heterocycles. The van der Waals surface area contributed by atoms with Crippen LogP contribution in [0.15, 0.2) is 16.3 Å². The zero-order valence-electron chi connectivity index (χ0n) is 10.9. The Bertz CT molecular complexity index is 594. The fourth-order valence-corrected chi connectivity index (χ4v) is 4.05. The standard InChI is InChI=1S/C11H16N2O5S2/c1-2-3-4-13(6-10(12)14)20(17,18)8-5-9(11(15)16)19-7-8/h5,7H,2-4,6H2,1H3,(H2,12,14)(H,15,16). The van der Waals surface area contributed by atoms with E-state index in [9.17, 15) is 18.0 Å². The first-order valence-corrected chi connectivity index (χ1v) is 8.21. The Morgan fingerprint density at radius 3 is 2.55 bits per heavy atom. The van der Waals surface area contributed by atoms with Crippen molar-refractivity contribution in [2.45, 2.75) is 24.7 Å². The highest BCUT2D eigenvalue weighted by Crippen LogP contribution is 2.23. The Balaban J connectivity index is 3.07. The highest BCUT2D eigenvalue weighted by Gasteiger charge is 2.27. The maximum Gasteiger partial charge on any atom is 0.345 e. The molecule has 0 bridgehead atoms. The normalized spacial score (nSPS) is 11.7. The van der Waals surface area contributed by atoms with Gasteiger partial charge >= 0.3 is 5.97 Å². The van der Waals surface area contributed by atoms with E-state index in [1.54, 1.807) is 0 Å². The Kier molecular flexibility index (Phi) is 5.66. The Hall–Kier alpha value is -1.45. The molecule has 0 fully saturated rings. The van der Waals surface area contributed by atoms with Crippen molar-refractivity contribution in [1.29, 1.82) is 0 Å². The van der Waals surface area contributed by atoms with E-state index >= 15 is 0 Å². The van der Waals surface area contributed by atoms with E-state index in [-0.39, 0.29) is 16.3 Å². The number of nitrogens with zero attached hydrogens (tertiary/aromatic N) is 1. The van der Waals surface area contributed by atoms with Crippen molar-refractivity contribution in [3.05, 3.63) is 16.3 Å². The van der Waals surface area contributed by atoms with E-state index in [0.717, 1.165) is 28.1 Å². The average Bonchev–Trinajstić information content (AvgIpc) is 2.84. The molecule has 0 aliphatic carbocycles. The maximum absolute atomic E-state index is 12.3. The average molecular weight is 320 g/mol. The predicted molar refractivity (Wildman–Crippen MR) is 74.1 cm³/mol. The second-order valence-corrected chi connectivity index (χ2v) is 6.96. The van der Waals surface area contributed by atoms with Crippen LogP contribution in [0.4, 0.5) is 0 Å². The van der Waals surface area contributed by atoms with Crippen molar-refractivity contribution in [1.82, 2.24) is 4.31 Å². The summed E-state index contributed by atoms with van der Waals surface area (Å²) < 4.78 is 25.7. The molecule has 1 heterocycles. The molecule has 0 atom stereocenters. The number of unbranched alkanes of at least 4 members (excludes halogenated alkanes) is 1. The molecule has 0 aromatic carbocycles. The van der Waals surface area contributed by atoms with Gasteiger partial charge in [0.2, 0.25) is 15.9 Å². The van der Waals surface area contributed by atoms with Crippen LogP contribution in [0.25, 0.3) is 0 Å². The van der Waals surface area contributed by atoms with Crippen molar-refractivity contribution in [2.24, 2.45) is 5.73 Å². The molecule has 7 nitrogen and oxygen atoms in total. The van der Waals surface area contributed by atoms with Gasteiger partial charge in [0.25, 0.3) is 0 Å². The highest BCUT2D eigenvalue weighted by molar-refractivity contribution is 7.89. The predicted octanol–water partition coefficient (Wildman–Crippen LogP) is 0.722. The first kappa shape index (κ1) is 16.6. The van der Waals surface area contributed by atoms with Crippen molar-refractivity contribution in [3.63, 3.8) is 0 Å². The third kappa shape index (κ3) is 4.02. The molecule has 1 aromatic heterocycles. The number of carboxylic acids is 1. The van der Waals surface area contributed by atoms with Gasteiger partial charge in [0, 0.05) is 11.9 Å². The van der Waals surface area contributed by atoms with Crippen LogP contribution in [0.2, 0.25) is 0 Å². The van der Waals surface area contributed by atoms with E-state index in [1.807, 2.05) is 6.92 Å². The van der Waals surface area contributed by atoms with Crippen molar-refractivity contribution < 1.29 is 23.1 Å².